The fraction of sp³-hybridized carbons (Fsp3) is 0.875. The third kappa shape index (κ3) is 10.00. The minimum atomic E-state index is 0.388. The highest BCUT2D eigenvalue weighted by Gasteiger charge is 2.75. The van der Waals surface area contributed by atoms with E-state index in [4.69, 9.17) is 0 Å². The van der Waals surface area contributed by atoms with Gasteiger partial charge in [-0.25, -0.2) is 0 Å². The molecule has 0 aliphatic heterocycles. The molecule has 0 spiro atoms. The number of hydrogen-bond acceptors (Lipinski definition) is 0. The van der Waals surface area contributed by atoms with Gasteiger partial charge in [0.2, 0.25) is 0 Å². The Balaban J connectivity index is 3.39. The Morgan fingerprint density at radius 3 is 1.10 bits per heavy atom. The van der Waals surface area contributed by atoms with E-state index in [2.05, 4.69) is 92.6 Å². The maximum atomic E-state index is 2.55. The normalized spacial score (nSPS) is 21.1. The van der Waals surface area contributed by atoms with E-state index in [1.165, 1.54) is 180 Å². The second kappa shape index (κ2) is 23.3. The van der Waals surface area contributed by atoms with Crippen molar-refractivity contribution in [1.82, 2.24) is 0 Å². The number of rotatable bonds is 29. The first-order chi connectivity index (χ1) is 23.8. The lowest BCUT2D eigenvalue weighted by Crippen LogP contribution is -2.72. The molecule has 0 radical (unpaired) electrons. The molecule has 1 heteroatoms. The van der Waals surface area contributed by atoms with E-state index in [-0.39, 0.29) is 0 Å². The summed E-state index contributed by atoms with van der Waals surface area (Å²) in [6.07, 6.45) is 39.9. The van der Waals surface area contributed by atoms with Gasteiger partial charge in [-0.3, -0.25) is 0 Å². The summed E-state index contributed by atoms with van der Waals surface area (Å²) in [5.41, 5.74) is 1.71. The van der Waals surface area contributed by atoms with Crippen LogP contribution in [0.1, 0.15) is 242 Å². The van der Waals surface area contributed by atoms with Crippen LogP contribution in [0.2, 0.25) is 0 Å². The molecule has 0 aromatic heterocycles. The molecule has 1 aromatic carbocycles. The van der Waals surface area contributed by atoms with E-state index in [1.807, 2.05) is 0 Å². The van der Waals surface area contributed by atoms with Gasteiger partial charge in [-0.1, -0.05) is 217 Å². The van der Waals surface area contributed by atoms with Crippen LogP contribution in [0.3, 0.4) is 0 Å². The van der Waals surface area contributed by atoms with Crippen LogP contribution in [0.5, 0.6) is 0 Å². The van der Waals surface area contributed by atoms with Gasteiger partial charge in [-0.05, 0) is 96.3 Å². The van der Waals surface area contributed by atoms with Crippen LogP contribution in [-0.4, -0.2) is 5.16 Å². The number of hydrogen-bond donors (Lipinski definition) is 0. The molecule has 1 aliphatic carbocycles. The lowest BCUT2D eigenvalue weighted by molar-refractivity contribution is -0.256. The van der Waals surface area contributed by atoms with Gasteiger partial charge in [0.15, 0.2) is 0 Å². The lowest BCUT2D eigenvalue weighted by Gasteiger charge is -2.78. The Hall–Kier alpha value is -0.350. The van der Waals surface area contributed by atoms with Crippen LogP contribution >= 0.6 is 8.58 Å². The predicted molar refractivity (Wildman–Crippen MR) is 227 cm³/mol. The van der Waals surface area contributed by atoms with E-state index in [0.29, 0.717) is 26.8 Å². The molecule has 2 rings (SSSR count). The first-order valence-electron chi connectivity index (χ1n) is 22.7. The fourth-order valence-corrected chi connectivity index (χ4v) is 14.5. The molecule has 49 heavy (non-hydrogen) atoms. The van der Waals surface area contributed by atoms with Crippen LogP contribution in [-0.2, 0) is 0 Å². The lowest BCUT2D eigenvalue weighted by atomic mass is 9.29. The van der Waals surface area contributed by atoms with E-state index in [0.717, 1.165) is 8.58 Å². The molecule has 1 saturated carbocycles. The zero-order chi connectivity index (χ0) is 36.1. The highest BCUT2D eigenvalue weighted by molar-refractivity contribution is 7.49. The average molecular weight is 697 g/mol. The molecule has 1 aliphatic rings. The summed E-state index contributed by atoms with van der Waals surface area (Å²) < 4.78 is 0. The van der Waals surface area contributed by atoms with Crippen LogP contribution in [0.15, 0.2) is 30.3 Å². The summed E-state index contributed by atoms with van der Waals surface area (Å²) in [4.78, 5) is 0. The van der Waals surface area contributed by atoms with Crippen molar-refractivity contribution < 1.29 is 0 Å². The van der Waals surface area contributed by atoms with Crippen LogP contribution in [0.25, 0.3) is 0 Å². The highest BCUT2D eigenvalue weighted by atomic mass is 31.1. The van der Waals surface area contributed by atoms with Crippen molar-refractivity contribution in [2.45, 2.75) is 247 Å². The second-order valence-electron chi connectivity index (χ2n) is 17.2. The van der Waals surface area contributed by atoms with Gasteiger partial charge in [-0.2, -0.15) is 0 Å². The second-order valence-corrected chi connectivity index (χ2v) is 19.0. The Bertz CT molecular complexity index is 915. The standard InChI is InChI=1S/C48H89P/c1-10-19-33-44(34-20-11-2)42-48(41-27-18-9,49-43-31-29-28-30-32-43)47(39-25-16-7,40-26-17-8)46(37-23-14-5,38-24-15-6)45(44,35-21-12-3)36-22-13-4/h28-32,49H,10-27,33-42H2,1-9H3. The molecule has 0 bridgehead atoms. The summed E-state index contributed by atoms with van der Waals surface area (Å²) in [6.45, 7) is 22.6. The van der Waals surface area contributed by atoms with Gasteiger partial charge in [-0.15, -0.1) is 0 Å². The SMILES string of the molecule is CCCCC1(CCCC)CC(CCCC)(Pc2ccccc2)C(CCCC)(CCCC)C(CCCC)(CCCC)C1(CCCC)CCCC. The van der Waals surface area contributed by atoms with Gasteiger partial charge in [0, 0.05) is 0 Å². The van der Waals surface area contributed by atoms with Crippen LogP contribution < -0.4 is 5.30 Å². The molecule has 0 saturated heterocycles. The quantitative estimate of drug-likeness (QED) is 0.0732. The van der Waals surface area contributed by atoms with Crippen LogP contribution in [0.4, 0.5) is 0 Å². The number of unbranched alkanes of at least 4 members (excludes halogenated alkanes) is 9. The summed E-state index contributed by atoms with van der Waals surface area (Å²) in [5.74, 6) is 0. The topological polar surface area (TPSA) is 0 Å². The Labute approximate surface area is 312 Å². The van der Waals surface area contributed by atoms with Gasteiger partial charge < -0.3 is 0 Å². The first-order valence-corrected chi connectivity index (χ1v) is 23.7. The highest BCUT2D eigenvalue weighted by Crippen LogP contribution is 2.83. The molecule has 1 aromatic rings. The van der Waals surface area contributed by atoms with Crippen molar-refractivity contribution in [2.75, 3.05) is 0 Å². The minimum absolute atomic E-state index is 0.388. The van der Waals surface area contributed by atoms with Gasteiger partial charge in [0.05, 0.1) is 0 Å². The van der Waals surface area contributed by atoms with Crippen molar-refractivity contribution in [1.29, 1.82) is 0 Å². The molecule has 0 heterocycles. The fourth-order valence-electron chi connectivity index (χ4n) is 12.2. The summed E-state index contributed by atoms with van der Waals surface area (Å²) >= 11 is 0. The third-order valence-electron chi connectivity index (χ3n) is 14.3. The zero-order valence-corrected chi connectivity index (χ0v) is 36.2. The van der Waals surface area contributed by atoms with Crippen molar-refractivity contribution in [3.8, 4) is 0 Å². The molecular weight excluding hydrogens is 608 g/mol. The number of benzene rings is 1. The molecule has 2 unspecified atom stereocenters. The van der Waals surface area contributed by atoms with E-state index in [1.54, 1.807) is 5.30 Å². The molecule has 0 nitrogen and oxygen atoms in total. The van der Waals surface area contributed by atoms with Crippen molar-refractivity contribution in [2.24, 2.45) is 21.7 Å². The minimum Gasteiger partial charge on any atom is -0.0834 e. The molecular formula is C48H89P. The van der Waals surface area contributed by atoms with Crippen molar-refractivity contribution in [3.05, 3.63) is 30.3 Å². The predicted octanol–water partition coefficient (Wildman–Crippen LogP) is 16.8. The van der Waals surface area contributed by atoms with Crippen molar-refractivity contribution >= 4 is 13.9 Å². The van der Waals surface area contributed by atoms with Crippen molar-refractivity contribution in [3.63, 3.8) is 0 Å². The Kier molecular flexibility index (Phi) is 21.3. The van der Waals surface area contributed by atoms with Gasteiger partial charge in [0.25, 0.3) is 0 Å². The molecule has 1 fully saturated rings. The molecule has 2 atom stereocenters. The Morgan fingerprint density at radius 2 is 0.714 bits per heavy atom. The van der Waals surface area contributed by atoms with E-state index < -0.39 is 0 Å². The van der Waals surface area contributed by atoms with E-state index in [9.17, 15) is 0 Å². The van der Waals surface area contributed by atoms with E-state index >= 15 is 0 Å². The Morgan fingerprint density at radius 1 is 0.388 bits per heavy atom. The maximum absolute atomic E-state index is 2.55. The summed E-state index contributed by atoms with van der Waals surface area (Å²) in [6, 6.07) is 12.1. The first kappa shape index (κ1) is 44.8. The maximum Gasteiger partial charge on any atom is -0.00142 e. The average Bonchev–Trinajstić information content (AvgIpc) is 3.12. The molecule has 0 amide bonds. The van der Waals surface area contributed by atoms with Gasteiger partial charge in [0.1, 0.15) is 0 Å². The summed E-state index contributed by atoms with van der Waals surface area (Å²) in [5, 5.41) is 2.06. The zero-order valence-electron chi connectivity index (χ0n) is 35.2. The summed E-state index contributed by atoms with van der Waals surface area (Å²) in [7, 11) is 0.942. The molecule has 0 N–H and O–H groups in total. The smallest absolute Gasteiger partial charge is 0.00142 e. The molecule has 286 valence electrons. The van der Waals surface area contributed by atoms with Gasteiger partial charge >= 0.3 is 0 Å². The third-order valence-corrected chi connectivity index (χ3v) is 16.3. The largest absolute Gasteiger partial charge is 0.0834 e. The van der Waals surface area contributed by atoms with Crippen LogP contribution in [0, 0.1) is 21.7 Å². The monoisotopic (exact) mass is 697 g/mol.